The fraction of sp³-hybridized carbons (Fsp3) is 0.333. The van der Waals surface area contributed by atoms with Crippen molar-refractivity contribution in [3.63, 3.8) is 0 Å². The van der Waals surface area contributed by atoms with E-state index in [1.165, 1.54) is 19.4 Å². The Hall–Kier alpha value is -1.87. The number of hydrogen-bond donors (Lipinski definition) is 1. The summed E-state index contributed by atoms with van der Waals surface area (Å²) >= 11 is 1.10. The number of methoxy groups -OCH3 is 1. The summed E-state index contributed by atoms with van der Waals surface area (Å²) in [6.07, 6.45) is 1.46. The van der Waals surface area contributed by atoms with Crippen molar-refractivity contribution < 1.29 is 17.9 Å². The number of aryl methyl sites for hydroxylation is 2. The van der Waals surface area contributed by atoms with Gasteiger partial charge in [-0.3, -0.25) is 4.72 Å². The summed E-state index contributed by atoms with van der Waals surface area (Å²) in [7, 11) is -2.60. The van der Waals surface area contributed by atoms with E-state index in [2.05, 4.69) is 14.4 Å². The third-order valence-electron chi connectivity index (χ3n) is 2.85. The molecule has 0 atom stereocenters. The van der Waals surface area contributed by atoms with Gasteiger partial charge in [0.05, 0.1) is 12.8 Å². The summed E-state index contributed by atoms with van der Waals surface area (Å²) < 4.78 is 33.3. The van der Waals surface area contributed by atoms with Crippen LogP contribution in [0.5, 0.6) is 0 Å². The summed E-state index contributed by atoms with van der Waals surface area (Å²) in [4.78, 5) is 15.8. The number of nitrogens with one attached hydrogen (secondary N) is 1. The molecule has 0 aliphatic heterocycles. The minimum atomic E-state index is -3.84. The highest BCUT2D eigenvalue weighted by Gasteiger charge is 2.23. The van der Waals surface area contributed by atoms with Crippen molar-refractivity contribution in [3.8, 4) is 0 Å². The maximum Gasteiger partial charge on any atom is 0.350 e. The molecule has 7 nitrogen and oxygen atoms in total. The molecule has 1 N–H and O–H groups in total. The minimum Gasteiger partial charge on any atom is -0.465 e. The molecule has 0 aliphatic carbocycles. The van der Waals surface area contributed by atoms with Crippen molar-refractivity contribution in [3.05, 3.63) is 28.3 Å². The van der Waals surface area contributed by atoms with E-state index in [0.29, 0.717) is 12.4 Å². The first-order valence-corrected chi connectivity index (χ1v) is 8.47. The van der Waals surface area contributed by atoms with Crippen molar-refractivity contribution in [2.75, 3.05) is 11.8 Å². The summed E-state index contributed by atoms with van der Waals surface area (Å²) in [6.45, 7) is 4.25. The minimum absolute atomic E-state index is 0.0798. The summed E-state index contributed by atoms with van der Waals surface area (Å²) in [5, 5.41) is 1.53. The Kier molecular flexibility index (Phi) is 4.33. The molecule has 21 heavy (non-hydrogen) atoms. The van der Waals surface area contributed by atoms with Crippen LogP contribution < -0.4 is 4.72 Å². The Labute approximate surface area is 126 Å². The summed E-state index contributed by atoms with van der Waals surface area (Å²) in [5.41, 5.74) is 0.190. The number of rotatable bonds is 5. The predicted molar refractivity (Wildman–Crippen MR) is 79.1 cm³/mol. The van der Waals surface area contributed by atoms with Gasteiger partial charge in [0.25, 0.3) is 10.0 Å². The first kappa shape index (κ1) is 15.5. The zero-order chi connectivity index (χ0) is 15.6. The number of imidazole rings is 1. The summed E-state index contributed by atoms with van der Waals surface area (Å²) in [5.74, 6) is 0.0225. The van der Waals surface area contributed by atoms with Crippen LogP contribution in [0.1, 0.15) is 22.4 Å². The predicted octanol–water partition coefficient (Wildman–Crippen LogP) is 1.86. The molecule has 9 heteroatoms. The van der Waals surface area contributed by atoms with Crippen molar-refractivity contribution in [2.24, 2.45) is 0 Å². The van der Waals surface area contributed by atoms with Gasteiger partial charge in [-0.1, -0.05) is 0 Å². The van der Waals surface area contributed by atoms with Gasteiger partial charge in [-0.15, -0.1) is 11.3 Å². The number of sulfonamides is 1. The van der Waals surface area contributed by atoms with E-state index in [1.807, 2.05) is 6.92 Å². The lowest BCUT2D eigenvalue weighted by Gasteiger charge is -2.05. The van der Waals surface area contributed by atoms with Crippen LogP contribution >= 0.6 is 11.3 Å². The van der Waals surface area contributed by atoms with Gasteiger partial charge in [0.15, 0.2) is 5.03 Å². The van der Waals surface area contributed by atoms with E-state index < -0.39 is 16.0 Å². The van der Waals surface area contributed by atoms with Gasteiger partial charge in [0, 0.05) is 12.7 Å². The molecule has 0 fully saturated rings. The number of thiophene rings is 1. The second kappa shape index (κ2) is 5.86. The number of ether oxygens (including phenoxy) is 1. The number of nitrogens with zero attached hydrogens (tertiary/aromatic N) is 2. The first-order valence-electron chi connectivity index (χ1n) is 6.11. The fourth-order valence-electron chi connectivity index (χ4n) is 1.77. The van der Waals surface area contributed by atoms with Gasteiger partial charge in [-0.25, -0.2) is 9.78 Å². The molecule has 0 radical (unpaired) electrons. The van der Waals surface area contributed by atoms with Gasteiger partial charge in [-0.2, -0.15) is 8.42 Å². The molecule has 0 amide bonds. The van der Waals surface area contributed by atoms with Crippen molar-refractivity contribution >= 4 is 33.0 Å². The van der Waals surface area contributed by atoms with E-state index in [0.717, 1.165) is 11.3 Å². The lowest BCUT2D eigenvalue weighted by Crippen LogP contribution is -2.15. The second-order valence-corrected chi connectivity index (χ2v) is 6.72. The average molecular weight is 329 g/mol. The Bertz CT molecular complexity index is 761. The third kappa shape index (κ3) is 3.08. The quantitative estimate of drug-likeness (QED) is 0.846. The lowest BCUT2D eigenvalue weighted by atomic mass is 10.4. The van der Waals surface area contributed by atoms with Crippen LogP contribution in [0.2, 0.25) is 0 Å². The van der Waals surface area contributed by atoms with Crippen LogP contribution in [0.3, 0.4) is 0 Å². The number of anilines is 1. The molecule has 2 rings (SSSR count). The topological polar surface area (TPSA) is 90.3 Å². The van der Waals surface area contributed by atoms with Crippen LogP contribution in [0.4, 0.5) is 5.69 Å². The molecule has 0 saturated carbocycles. The molecule has 0 aromatic carbocycles. The SMILES string of the molecule is CCn1cc(S(=O)(=O)Nc2ccsc2C(=O)OC)nc1C. The van der Waals surface area contributed by atoms with Gasteiger partial charge >= 0.3 is 5.97 Å². The molecule has 2 aromatic rings. The molecule has 0 unspecified atom stereocenters. The number of carbonyl (C=O) groups is 1. The Morgan fingerprint density at radius 1 is 1.52 bits per heavy atom. The van der Waals surface area contributed by atoms with E-state index in [-0.39, 0.29) is 15.6 Å². The van der Waals surface area contributed by atoms with Crippen molar-refractivity contribution in [1.29, 1.82) is 0 Å². The van der Waals surface area contributed by atoms with Crippen LogP contribution in [0, 0.1) is 6.92 Å². The van der Waals surface area contributed by atoms with Crippen LogP contribution in [-0.2, 0) is 21.3 Å². The lowest BCUT2D eigenvalue weighted by molar-refractivity contribution is 0.0607. The van der Waals surface area contributed by atoms with E-state index in [1.54, 1.807) is 16.9 Å². The molecule has 0 bridgehead atoms. The maximum atomic E-state index is 12.3. The molecule has 2 aromatic heterocycles. The van der Waals surface area contributed by atoms with Crippen LogP contribution in [0.25, 0.3) is 0 Å². The monoisotopic (exact) mass is 329 g/mol. The highest BCUT2D eigenvalue weighted by atomic mass is 32.2. The van der Waals surface area contributed by atoms with E-state index >= 15 is 0 Å². The Morgan fingerprint density at radius 2 is 2.24 bits per heavy atom. The molecule has 2 heterocycles. The van der Waals surface area contributed by atoms with Crippen LogP contribution in [0.15, 0.2) is 22.7 Å². The van der Waals surface area contributed by atoms with Crippen molar-refractivity contribution in [2.45, 2.75) is 25.4 Å². The molecule has 114 valence electrons. The van der Waals surface area contributed by atoms with Crippen molar-refractivity contribution in [1.82, 2.24) is 9.55 Å². The zero-order valence-corrected chi connectivity index (χ0v) is 13.4. The highest BCUT2D eigenvalue weighted by Crippen LogP contribution is 2.25. The van der Waals surface area contributed by atoms with E-state index in [4.69, 9.17) is 0 Å². The van der Waals surface area contributed by atoms with Gasteiger partial charge < -0.3 is 9.30 Å². The Balaban J connectivity index is 2.33. The molecule has 0 saturated heterocycles. The number of carbonyl (C=O) groups excluding carboxylic acids is 1. The third-order valence-corrected chi connectivity index (χ3v) is 4.98. The largest absolute Gasteiger partial charge is 0.465 e. The Morgan fingerprint density at radius 3 is 2.81 bits per heavy atom. The molecular weight excluding hydrogens is 314 g/mol. The molecular formula is C12H15N3O4S2. The zero-order valence-electron chi connectivity index (χ0n) is 11.8. The fourth-order valence-corrected chi connectivity index (χ4v) is 3.68. The second-order valence-electron chi connectivity index (χ2n) is 4.17. The van der Waals surface area contributed by atoms with Crippen LogP contribution in [-0.4, -0.2) is 31.0 Å². The average Bonchev–Trinajstić information content (AvgIpc) is 3.04. The maximum absolute atomic E-state index is 12.3. The normalized spacial score (nSPS) is 11.4. The first-order chi connectivity index (χ1) is 9.89. The van der Waals surface area contributed by atoms with E-state index in [9.17, 15) is 13.2 Å². The highest BCUT2D eigenvalue weighted by molar-refractivity contribution is 7.92. The molecule has 0 aliphatic rings. The smallest absolute Gasteiger partial charge is 0.350 e. The molecule has 0 spiro atoms. The summed E-state index contributed by atoms with van der Waals surface area (Å²) in [6, 6.07) is 1.51. The van der Waals surface area contributed by atoms with Gasteiger partial charge in [0.2, 0.25) is 0 Å². The number of hydrogen-bond acceptors (Lipinski definition) is 6. The van der Waals surface area contributed by atoms with Gasteiger partial charge in [-0.05, 0) is 25.3 Å². The van der Waals surface area contributed by atoms with Gasteiger partial charge in [0.1, 0.15) is 10.7 Å². The number of esters is 1. The number of aromatic nitrogens is 2. The standard InChI is InChI=1S/C12H15N3O4S2/c1-4-15-7-10(13-8(15)2)21(17,18)14-9-5-6-20-11(9)12(16)19-3/h5-7,14H,4H2,1-3H3.